The summed E-state index contributed by atoms with van der Waals surface area (Å²) in [5.74, 6) is 1.62. The van der Waals surface area contributed by atoms with Crippen LogP contribution in [0.25, 0.3) is 10.9 Å². The zero-order chi connectivity index (χ0) is 22.3. The number of amides is 1. The summed E-state index contributed by atoms with van der Waals surface area (Å²) < 4.78 is 7.28. The number of benzene rings is 1. The lowest BCUT2D eigenvalue weighted by Crippen LogP contribution is -2.35. The molecule has 0 saturated heterocycles. The van der Waals surface area contributed by atoms with E-state index >= 15 is 0 Å². The van der Waals surface area contributed by atoms with Gasteiger partial charge in [-0.1, -0.05) is 19.8 Å². The summed E-state index contributed by atoms with van der Waals surface area (Å²) in [6, 6.07) is 9.08. The summed E-state index contributed by atoms with van der Waals surface area (Å²) in [6.07, 6.45) is 7.89. The van der Waals surface area contributed by atoms with Crippen molar-refractivity contribution in [2.75, 3.05) is 19.6 Å². The Kier molecular flexibility index (Phi) is 7.37. The van der Waals surface area contributed by atoms with Gasteiger partial charge >= 0.3 is 0 Å². The van der Waals surface area contributed by atoms with Gasteiger partial charge in [-0.3, -0.25) is 19.1 Å². The lowest BCUT2D eigenvalue weighted by molar-refractivity contribution is 0.0947. The molecule has 170 valence electrons. The zero-order valence-corrected chi connectivity index (χ0v) is 18.8. The normalized spacial score (nSPS) is 13.8. The van der Waals surface area contributed by atoms with Crippen LogP contribution in [-0.4, -0.2) is 40.0 Å². The second-order valence-electron chi connectivity index (χ2n) is 8.49. The van der Waals surface area contributed by atoms with Gasteiger partial charge in [-0.15, -0.1) is 0 Å². The molecule has 0 unspecified atom stereocenters. The third-order valence-electron chi connectivity index (χ3n) is 6.08. The van der Waals surface area contributed by atoms with E-state index in [4.69, 9.17) is 9.40 Å². The third kappa shape index (κ3) is 5.27. The van der Waals surface area contributed by atoms with Crippen LogP contribution in [0.15, 0.2) is 45.8 Å². The molecule has 0 saturated carbocycles. The topological polar surface area (TPSA) is 80.4 Å². The molecular weight excluding hydrogens is 404 g/mol. The fourth-order valence-electron chi connectivity index (χ4n) is 4.26. The summed E-state index contributed by atoms with van der Waals surface area (Å²) >= 11 is 0. The molecule has 7 heteroatoms. The van der Waals surface area contributed by atoms with Crippen LogP contribution in [0.2, 0.25) is 0 Å². The van der Waals surface area contributed by atoms with E-state index in [0.29, 0.717) is 23.0 Å². The quantitative estimate of drug-likeness (QED) is 0.553. The number of rotatable bonds is 9. The number of nitrogens with one attached hydrogen (secondary N) is 1. The van der Waals surface area contributed by atoms with Crippen LogP contribution in [0.4, 0.5) is 0 Å². The lowest BCUT2D eigenvalue weighted by atomic mass is 10.1. The Morgan fingerprint density at radius 2 is 2.12 bits per heavy atom. The molecule has 0 spiro atoms. The Balaban J connectivity index is 1.42. The molecule has 1 aliphatic rings. The monoisotopic (exact) mass is 436 g/mol. The fourth-order valence-corrected chi connectivity index (χ4v) is 4.26. The van der Waals surface area contributed by atoms with E-state index < -0.39 is 0 Å². The Labute approximate surface area is 188 Å². The third-order valence-corrected chi connectivity index (χ3v) is 6.08. The molecule has 1 N–H and O–H groups in total. The molecule has 0 radical (unpaired) electrons. The van der Waals surface area contributed by atoms with Crippen LogP contribution >= 0.6 is 0 Å². The second kappa shape index (κ2) is 10.6. The van der Waals surface area contributed by atoms with Crippen LogP contribution in [0.1, 0.15) is 61.0 Å². The number of carbonyl (C=O) groups excluding carboxylic acids is 1. The van der Waals surface area contributed by atoms with E-state index in [0.717, 1.165) is 76.3 Å². The number of carbonyl (C=O) groups is 1. The standard InChI is InChI=1S/C25H32N4O3/c1-2-3-13-28(18-20-8-7-16-32-20)15-12-26-24(30)19-10-11-21-22(17-19)27-23-9-5-4-6-14-29(23)25(21)31/h7-8,10-11,16-17H,2-6,9,12-15,18H2,1H3,(H,26,30). The first-order valence-electron chi connectivity index (χ1n) is 11.7. The number of unbranched alkanes of at least 4 members (excludes halogenated alkanes) is 1. The maximum absolute atomic E-state index is 12.9. The summed E-state index contributed by atoms with van der Waals surface area (Å²) in [7, 11) is 0. The molecule has 2 aromatic heterocycles. The summed E-state index contributed by atoms with van der Waals surface area (Å²) in [4.78, 5) is 32.7. The first-order valence-corrected chi connectivity index (χ1v) is 11.7. The van der Waals surface area contributed by atoms with Gasteiger partial charge in [0.15, 0.2) is 0 Å². The van der Waals surface area contributed by atoms with Crippen molar-refractivity contribution in [3.8, 4) is 0 Å². The summed E-state index contributed by atoms with van der Waals surface area (Å²) in [5, 5.41) is 3.59. The zero-order valence-electron chi connectivity index (χ0n) is 18.8. The SMILES string of the molecule is CCCCN(CCNC(=O)c1ccc2c(=O)n3c(nc2c1)CCCCC3)Cc1ccco1. The van der Waals surface area contributed by atoms with Crippen LogP contribution < -0.4 is 10.9 Å². The highest BCUT2D eigenvalue weighted by atomic mass is 16.3. The summed E-state index contributed by atoms with van der Waals surface area (Å²) in [6.45, 7) is 5.88. The molecule has 4 rings (SSSR count). The van der Waals surface area contributed by atoms with Crippen LogP contribution in [-0.2, 0) is 19.5 Å². The lowest BCUT2D eigenvalue weighted by Gasteiger charge is -2.21. The van der Waals surface area contributed by atoms with Crippen molar-refractivity contribution < 1.29 is 9.21 Å². The number of nitrogens with zero attached hydrogens (tertiary/aromatic N) is 3. The highest BCUT2D eigenvalue weighted by Crippen LogP contribution is 2.16. The van der Waals surface area contributed by atoms with Crippen LogP contribution in [0, 0.1) is 0 Å². The molecule has 0 atom stereocenters. The van der Waals surface area contributed by atoms with E-state index in [2.05, 4.69) is 17.1 Å². The van der Waals surface area contributed by atoms with Gasteiger partial charge in [0.25, 0.3) is 11.5 Å². The van der Waals surface area contributed by atoms with Crippen molar-refractivity contribution >= 4 is 16.8 Å². The number of hydrogen-bond acceptors (Lipinski definition) is 5. The smallest absolute Gasteiger partial charge is 0.261 e. The molecule has 1 amide bonds. The highest BCUT2D eigenvalue weighted by Gasteiger charge is 2.15. The minimum atomic E-state index is -0.141. The van der Waals surface area contributed by atoms with Gasteiger partial charge in [0.05, 0.1) is 23.7 Å². The van der Waals surface area contributed by atoms with Crippen molar-refractivity contribution in [3.63, 3.8) is 0 Å². The molecule has 0 bridgehead atoms. The van der Waals surface area contributed by atoms with Gasteiger partial charge in [0, 0.05) is 31.6 Å². The van der Waals surface area contributed by atoms with Gasteiger partial charge in [-0.25, -0.2) is 4.98 Å². The predicted octanol–water partition coefficient (Wildman–Crippen LogP) is 3.75. The second-order valence-corrected chi connectivity index (χ2v) is 8.49. The Bertz CT molecular complexity index is 1100. The number of fused-ring (bicyclic) bond motifs is 2. The minimum absolute atomic E-state index is 0.00310. The molecule has 1 aliphatic heterocycles. The number of hydrogen-bond donors (Lipinski definition) is 1. The number of aromatic nitrogens is 2. The van der Waals surface area contributed by atoms with E-state index in [-0.39, 0.29) is 11.5 Å². The Hall–Kier alpha value is -2.93. The fraction of sp³-hybridized carbons (Fsp3) is 0.480. The van der Waals surface area contributed by atoms with Crippen molar-refractivity contribution in [1.29, 1.82) is 0 Å². The van der Waals surface area contributed by atoms with Crippen LogP contribution in [0.3, 0.4) is 0 Å². The van der Waals surface area contributed by atoms with Gasteiger partial charge in [-0.05, 0) is 56.1 Å². The average Bonchev–Trinajstić information content (AvgIpc) is 3.20. The van der Waals surface area contributed by atoms with Crippen molar-refractivity contribution in [2.45, 2.75) is 58.5 Å². The molecule has 0 aliphatic carbocycles. The first-order chi connectivity index (χ1) is 15.7. The van der Waals surface area contributed by atoms with Crippen molar-refractivity contribution in [3.05, 3.63) is 64.1 Å². The molecule has 3 heterocycles. The Morgan fingerprint density at radius 1 is 1.22 bits per heavy atom. The van der Waals surface area contributed by atoms with E-state index in [9.17, 15) is 9.59 Å². The van der Waals surface area contributed by atoms with Crippen LogP contribution in [0.5, 0.6) is 0 Å². The van der Waals surface area contributed by atoms with Crippen molar-refractivity contribution in [2.24, 2.45) is 0 Å². The summed E-state index contributed by atoms with van der Waals surface area (Å²) in [5.41, 5.74) is 1.15. The molecular formula is C25H32N4O3. The van der Waals surface area contributed by atoms with E-state index in [1.807, 2.05) is 12.1 Å². The number of furan rings is 1. The van der Waals surface area contributed by atoms with Crippen molar-refractivity contribution in [1.82, 2.24) is 19.8 Å². The van der Waals surface area contributed by atoms with Gasteiger partial charge in [-0.2, -0.15) is 0 Å². The van der Waals surface area contributed by atoms with E-state index in [1.165, 1.54) is 0 Å². The average molecular weight is 437 g/mol. The largest absolute Gasteiger partial charge is 0.468 e. The van der Waals surface area contributed by atoms with E-state index in [1.54, 1.807) is 29.0 Å². The number of aryl methyl sites for hydroxylation is 1. The van der Waals surface area contributed by atoms with Gasteiger partial charge in [0.2, 0.25) is 0 Å². The molecule has 3 aromatic rings. The Morgan fingerprint density at radius 3 is 2.94 bits per heavy atom. The molecule has 7 nitrogen and oxygen atoms in total. The molecule has 0 fully saturated rings. The minimum Gasteiger partial charge on any atom is -0.468 e. The van der Waals surface area contributed by atoms with Gasteiger partial charge in [0.1, 0.15) is 11.6 Å². The predicted molar refractivity (Wildman–Crippen MR) is 125 cm³/mol. The molecule has 32 heavy (non-hydrogen) atoms. The maximum atomic E-state index is 12.9. The van der Waals surface area contributed by atoms with Gasteiger partial charge < -0.3 is 9.73 Å². The maximum Gasteiger partial charge on any atom is 0.261 e. The molecule has 1 aromatic carbocycles. The first kappa shape index (κ1) is 22.3. The highest BCUT2D eigenvalue weighted by molar-refractivity contribution is 5.97.